The van der Waals surface area contributed by atoms with Crippen molar-refractivity contribution in [3.63, 3.8) is 0 Å². The molecule has 7 nitrogen and oxygen atoms in total. The van der Waals surface area contributed by atoms with Crippen LogP contribution in [0.25, 0.3) is 0 Å². The van der Waals surface area contributed by atoms with Crippen molar-refractivity contribution < 1.29 is 27.9 Å². The van der Waals surface area contributed by atoms with Gasteiger partial charge in [-0.1, -0.05) is 19.9 Å². The lowest BCUT2D eigenvalue weighted by molar-refractivity contribution is -0.140. The predicted octanol–water partition coefficient (Wildman–Crippen LogP) is 1.56. The quantitative estimate of drug-likeness (QED) is 0.727. The molecule has 0 aliphatic heterocycles. The molecular weight excluding hydrogens is 322 g/mol. The second-order valence-corrected chi connectivity index (χ2v) is 7.06. The SMILES string of the molecule is CCOC(=O)c1ccc(C)c(S(=O)(=O)N[C@@H](C(=O)O)C(C)C)c1. The highest BCUT2D eigenvalue weighted by molar-refractivity contribution is 7.89. The monoisotopic (exact) mass is 343 g/mol. The van der Waals surface area contributed by atoms with Crippen LogP contribution in [-0.2, 0) is 19.6 Å². The summed E-state index contributed by atoms with van der Waals surface area (Å²) >= 11 is 0. The van der Waals surface area contributed by atoms with Crippen molar-refractivity contribution in [1.29, 1.82) is 0 Å². The number of rotatable bonds is 7. The van der Waals surface area contributed by atoms with E-state index in [-0.39, 0.29) is 17.1 Å². The molecule has 0 saturated heterocycles. The second-order valence-electron chi connectivity index (χ2n) is 5.38. The third-order valence-electron chi connectivity index (χ3n) is 3.20. The number of hydrogen-bond acceptors (Lipinski definition) is 5. The molecule has 23 heavy (non-hydrogen) atoms. The molecule has 0 unspecified atom stereocenters. The van der Waals surface area contributed by atoms with Gasteiger partial charge < -0.3 is 9.84 Å². The number of carboxylic acid groups (broad SMARTS) is 1. The number of aryl methyl sites for hydroxylation is 1. The van der Waals surface area contributed by atoms with E-state index in [1.807, 2.05) is 0 Å². The first kappa shape index (κ1) is 19.1. The van der Waals surface area contributed by atoms with E-state index >= 15 is 0 Å². The summed E-state index contributed by atoms with van der Waals surface area (Å²) in [5.41, 5.74) is 0.493. The minimum Gasteiger partial charge on any atom is -0.480 e. The zero-order valence-electron chi connectivity index (χ0n) is 13.5. The first-order valence-electron chi connectivity index (χ1n) is 7.13. The van der Waals surface area contributed by atoms with Gasteiger partial charge in [0.1, 0.15) is 6.04 Å². The van der Waals surface area contributed by atoms with E-state index < -0.39 is 33.9 Å². The van der Waals surface area contributed by atoms with Gasteiger partial charge in [-0.25, -0.2) is 13.2 Å². The molecule has 1 aromatic carbocycles. The van der Waals surface area contributed by atoms with Crippen LogP contribution in [0.2, 0.25) is 0 Å². The number of carbonyl (C=O) groups excluding carboxylic acids is 1. The summed E-state index contributed by atoms with van der Waals surface area (Å²) < 4.78 is 32.0. The van der Waals surface area contributed by atoms with Gasteiger partial charge in [0.05, 0.1) is 17.1 Å². The third kappa shape index (κ3) is 4.77. The molecule has 0 aliphatic carbocycles. The van der Waals surface area contributed by atoms with Crippen molar-refractivity contribution in [2.75, 3.05) is 6.61 Å². The molecule has 2 N–H and O–H groups in total. The summed E-state index contributed by atoms with van der Waals surface area (Å²) in [5, 5.41) is 9.13. The van der Waals surface area contributed by atoms with Gasteiger partial charge in [0, 0.05) is 0 Å². The van der Waals surface area contributed by atoms with E-state index in [0.29, 0.717) is 5.56 Å². The Morgan fingerprint density at radius 1 is 1.30 bits per heavy atom. The zero-order valence-corrected chi connectivity index (χ0v) is 14.3. The maximum absolute atomic E-state index is 12.5. The summed E-state index contributed by atoms with van der Waals surface area (Å²) in [6.07, 6.45) is 0. The molecule has 0 radical (unpaired) electrons. The van der Waals surface area contributed by atoms with Gasteiger partial charge in [-0.15, -0.1) is 0 Å². The van der Waals surface area contributed by atoms with Gasteiger partial charge in [-0.05, 0) is 37.5 Å². The average molecular weight is 343 g/mol. The number of esters is 1. The molecule has 0 aliphatic rings. The van der Waals surface area contributed by atoms with Crippen molar-refractivity contribution in [2.24, 2.45) is 5.92 Å². The molecule has 128 valence electrons. The smallest absolute Gasteiger partial charge is 0.338 e. The van der Waals surface area contributed by atoms with E-state index in [1.54, 1.807) is 27.7 Å². The standard InChI is InChI=1S/C15H21NO6S/c1-5-22-15(19)11-7-6-10(4)12(8-11)23(20,21)16-13(9(2)3)14(17)18/h6-9,13,16H,5H2,1-4H3,(H,17,18)/t13-/m1/s1. The Kier molecular flexibility index (Phi) is 6.28. The van der Waals surface area contributed by atoms with Gasteiger partial charge in [0.25, 0.3) is 0 Å². The Morgan fingerprint density at radius 2 is 1.91 bits per heavy atom. The first-order chi connectivity index (χ1) is 10.6. The van der Waals surface area contributed by atoms with Crippen LogP contribution in [0.4, 0.5) is 0 Å². The van der Waals surface area contributed by atoms with Crippen LogP contribution in [0.1, 0.15) is 36.7 Å². The lowest BCUT2D eigenvalue weighted by atomic mass is 10.1. The fourth-order valence-corrected chi connectivity index (χ4v) is 3.54. The molecule has 1 atom stereocenters. The number of carboxylic acids is 1. The Labute approximate surface area is 135 Å². The highest BCUT2D eigenvalue weighted by atomic mass is 32.2. The fraction of sp³-hybridized carbons (Fsp3) is 0.467. The van der Waals surface area contributed by atoms with Crippen LogP contribution in [-0.4, -0.2) is 38.1 Å². The molecule has 0 aromatic heterocycles. The number of aliphatic carboxylic acids is 1. The highest BCUT2D eigenvalue weighted by Gasteiger charge is 2.29. The van der Waals surface area contributed by atoms with Crippen LogP contribution >= 0.6 is 0 Å². The third-order valence-corrected chi connectivity index (χ3v) is 4.79. The van der Waals surface area contributed by atoms with E-state index in [1.165, 1.54) is 18.2 Å². The number of carbonyl (C=O) groups is 2. The van der Waals surface area contributed by atoms with Gasteiger partial charge in [0.2, 0.25) is 10.0 Å². The van der Waals surface area contributed by atoms with Crippen LogP contribution in [0.3, 0.4) is 0 Å². The van der Waals surface area contributed by atoms with Crippen LogP contribution in [0.5, 0.6) is 0 Å². The number of hydrogen-bond donors (Lipinski definition) is 2. The van der Waals surface area contributed by atoms with E-state index in [4.69, 9.17) is 9.84 Å². The normalized spacial score (nSPS) is 12.9. The minimum absolute atomic E-state index is 0.0919. The summed E-state index contributed by atoms with van der Waals surface area (Å²) in [4.78, 5) is 22.8. The summed E-state index contributed by atoms with van der Waals surface area (Å²) in [7, 11) is -4.09. The topological polar surface area (TPSA) is 110 Å². The van der Waals surface area contributed by atoms with Crippen LogP contribution in [0, 0.1) is 12.8 Å². The first-order valence-corrected chi connectivity index (χ1v) is 8.61. The Balaban J connectivity index is 3.24. The molecule has 0 bridgehead atoms. The van der Waals surface area contributed by atoms with Gasteiger partial charge in [0.15, 0.2) is 0 Å². The average Bonchev–Trinajstić information content (AvgIpc) is 2.44. The van der Waals surface area contributed by atoms with Crippen LogP contribution in [0.15, 0.2) is 23.1 Å². The molecule has 8 heteroatoms. The Bertz CT molecular complexity index is 696. The predicted molar refractivity (Wildman–Crippen MR) is 83.7 cm³/mol. The van der Waals surface area contributed by atoms with Crippen molar-refractivity contribution >= 4 is 22.0 Å². The molecule has 0 fully saturated rings. The summed E-state index contributed by atoms with van der Waals surface area (Å²) in [6.45, 7) is 6.58. The zero-order chi connectivity index (χ0) is 17.8. The van der Waals surface area contributed by atoms with Crippen molar-refractivity contribution in [1.82, 2.24) is 4.72 Å². The maximum atomic E-state index is 12.5. The van der Waals surface area contributed by atoms with Gasteiger partial charge in [-0.2, -0.15) is 4.72 Å². The molecule has 0 spiro atoms. The molecular formula is C15H21NO6S. The molecule has 0 heterocycles. The Morgan fingerprint density at radius 3 is 2.39 bits per heavy atom. The second kappa shape index (κ2) is 7.56. The van der Waals surface area contributed by atoms with Crippen LogP contribution < -0.4 is 4.72 Å². The summed E-state index contributed by atoms with van der Waals surface area (Å²) in [5.74, 6) is -2.33. The number of benzene rings is 1. The molecule has 0 saturated carbocycles. The highest BCUT2D eigenvalue weighted by Crippen LogP contribution is 2.19. The van der Waals surface area contributed by atoms with Crippen molar-refractivity contribution in [3.05, 3.63) is 29.3 Å². The van der Waals surface area contributed by atoms with Crippen molar-refractivity contribution in [2.45, 2.75) is 38.6 Å². The number of nitrogens with one attached hydrogen (secondary N) is 1. The Hall–Kier alpha value is -1.93. The van der Waals surface area contributed by atoms with E-state index in [9.17, 15) is 18.0 Å². The van der Waals surface area contributed by atoms with E-state index in [0.717, 1.165) is 0 Å². The van der Waals surface area contributed by atoms with Gasteiger partial charge >= 0.3 is 11.9 Å². The maximum Gasteiger partial charge on any atom is 0.338 e. The minimum atomic E-state index is -4.09. The lowest BCUT2D eigenvalue weighted by Gasteiger charge is -2.19. The van der Waals surface area contributed by atoms with Gasteiger partial charge in [-0.3, -0.25) is 4.79 Å². The molecule has 1 rings (SSSR count). The fourth-order valence-electron chi connectivity index (χ4n) is 1.93. The molecule has 1 aromatic rings. The number of ether oxygens (including phenoxy) is 1. The largest absolute Gasteiger partial charge is 0.480 e. The summed E-state index contributed by atoms with van der Waals surface area (Å²) in [6, 6.07) is 2.87. The molecule has 0 amide bonds. The lowest BCUT2D eigenvalue weighted by Crippen LogP contribution is -2.44. The number of sulfonamides is 1. The van der Waals surface area contributed by atoms with E-state index in [2.05, 4.69) is 4.72 Å². The van der Waals surface area contributed by atoms with Crippen molar-refractivity contribution in [3.8, 4) is 0 Å².